The molecule has 5 nitrogen and oxygen atoms in total. The van der Waals surface area contributed by atoms with Gasteiger partial charge >= 0.3 is 0 Å². The van der Waals surface area contributed by atoms with E-state index in [1.165, 1.54) is 35.4 Å². The molecule has 1 unspecified atom stereocenters. The Kier molecular flexibility index (Phi) is 3.85. The predicted molar refractivity (Wildman–Crippen MR) is 76.9 cm³/mol. The summed E-state index contributed by atoms with van der Waals surface area (Å²) in [4.78, 5) is 26.0. The van der Waals surface area contributed by atoms with E-state index in [4.69, 9.17) is 16.0 Å². The third kappa shape index (κ3) is 2.46. The molecule has 114 valence electrons. The second-order valence-corrected chi connectivity index (χ2v) is 5.21. The van der Waals surface area contributed by atoms with Crippen molar-refractivity contribution in [1.82, 2.24) is 10.2 Å². The Labute approximate surface area is 130 Å². The van der Waals surface area contributed by atoms with Crippen molar-refractivity contribution in [3.8, 4) is 0 Å². The molecular formula is C15H12ClFN2O3. The van der Waals surface area contributed by atoms with E-state index in [2.05, 4.69) is 5.32 Å². The maximum absolute atomic E-state index is 14.2. The lowest BCUT2D eigenvalue weighted by molar-refractivity contribution is -0.128. The van der Waals surface area contributed by atoms with Crippen molar-refractivity contribution >= 4 is 23.4 Å². The van der Waals surface area contributed by atoms with Crippen LogP contribution in [0.3, 0.4) is 0 Å². The molecule has 0 radical (unpaired) electrons. The summed E-state index contributed by atoms with van der Waals surface area (Å²) in [7, 11) is 0. The van der Waals surface area contributed by atoms with Gasteiger partial charge in [0.1, 0.15) is 11.9 Å². The van der Waals surface area contributed by atoms with Crippen LogP contribution in [0.2, 0.25) is 5.02 Å². The van der Waals surface area contributed by atoms with E-state index in [0.717, 1.165) is 0 Å². The standard InChI is InChI=1S/C15H12ClFN2O3/c16-9-3-1-4-10(17)12(9)13-14(20)18-6-7-19(13)15(21)11-5-2-8-22-11/h1-5,8,13H,6-7H2,(H,18,20). The Balaban J connectivity index is 2.05. The number of amides is 2. The quantitative estimate of drug-likeness (QED) is 0.923. The molecule has 1 aromatic heterocycles. The summed E-state index contributed by atoms with van der Waals surface area (Å²) < 4.78 is 19.2. The number of benzene rings is 1. The summed E-state index contributed by atoms with van der Waals surface area (Å²) in [5.41, 5.74) is -0.0127. The molecule has 1 aliphatic heterocycles. The first-order chi connectivity index (χ1) is 10.6. The van der Waals surface area contributed by atoms with Gasteiger partial charge < -0.3 is 14.6 Å². The van der Waals surface area contributed by atoms with Crippen LogP contribution in [0.5, 0.6) is 0 Å². The topological polar surface area (TPSA) is 62.6 Å². The number of hydrogen-bond acceptors (Lipinski definition) is 3. The first-order valence-corrected chi connectivity index (χ1v) is 7.03. The van der Waals surface area contributed by atoms with Gasteiger partial charge in [0.05, 0.1) is 6.26 Å². The van der Waals surface area contributed by atoms with E-state index in [-0.39, 0.29) is 29.4 Å². The van der Waals surface area contributed by atoms with E-state index < -0.39 is 23.7 Å². The van der Waals surface area contributed by atoms with E-state index in [0.29, 0.717) is 0 Å². The number of rotatable bonds is 2. The number of carbonyl (C=O) groups excluding carboxylic acids is 2. The molecule has 3 rings (SSSR count). The van der Waals surface area contributed by atoms with E-state index in [1.807, 2.05) is 0 Å². The Morgan fingerprint density at radius 3 is 2.86 bits per heavy atom. The van der Waals surface area contributed by atoms with Gasteiger partial charge in [-0.15, -0.1) is 0 Å². The first kappa shape index (κ1) is 14.6. The summed E-state index contributed by atoms with van der Waals surface area (Å²) in [6.07, 6.45) is 1.36. The van der Waals surface area contributed by atoms with Crippen LogP contribution in [0.4, 0.5) is 4.39 Å². The molecule has 0 spiro atoms. The predicted octanol–water partition coefficient (Wildman–Crippen LogP) is 2.39. The van der Waals surface area contributed by atoms with Crippen molar-refractivity contribution < 1.29 is 18.4 Å². The monoisotopic (exact) mass is 322 g/mol. The van der Waals surface area contributed by atoms with Crippen LogP contribution < -0.4 is 5.32 Å². The highest BCUT2D eigenvalue weighted by Gasteiger charge is 2.38. The number of nitrogens with zero attached hydrogens (tertiary/aromatic N) is 1. The Morgan fingerprint density at radius 2 is 2.18 bits per heavy atom. The lowest BCUT2D eigenvalue weighted by Crippen LogP contribution is -2.52. The van der Waals surface area contributed by atoms with Crippen LogP contribution in [-0.2, 0) is 4.79 Å². The molecule has 2 aromatic rings. The summed E-state index contributed by atoms with van der Waals surface area (Å²) in [5.74, 6) is -1.50. The van der Waals surface area contributed by atoms with Gasteiger partial charge in [0, 0.05) is 23.7 Å². The Hall–Kier alpha value is -2.34. The van der Waals surface area contributed by atoms with Gasteiger partial charge in [0.25, 0.3) is 5.91 Å². The van der Waals surface area contributed by atoms with E-state index >= 15 is 0 Å². The van der Waals surface area contributed by atoms with Gasteiger partial charge in [-0.05, 0) is 24.3 Å². The van der Waals surface area contributed by atoms with Crippen molar-refractivity contribution in [3.63, 3.8) is 0 Å². The minimum absolute atomic E-state index is 0.0127. The van der Waals surface area contributed by atoms with Crippen molar-refractivity contribution in [2.24, 2.45) is 0 Å². The molecule has 22 heavy (non-hydrogen) atoms. The number of furan rings is 1. The highest BCUT2D eigenvalue weighted by Crippen LogP contribution is 2.32. The van der Waals surface area contributed by atoms with Gasteiger partial charge in [-0.2, -0.15) is 0 Å². The number of carbonyl (C=O) groups is 2. The van der Waals surface area contributed by atoms with Crippen molar-refractivity contribution in [1.29, 1.82) is 0 Å². The van der Waals surface area contributed by atoms with Gasteiger partial charge in [0.15, 0.2) is 5.76 Å². The fraction of sp³-hybridized carbons (Fsp3) is 0.200. The van der Waals surface area contributed by atoms with Gasteiger partial charge in [-0.25, -0.2) is 4.39 Å². The zero-order valence-electron chi connectivity index (χ0n) is 11.4. The normalized spacial score (nSPS) is 18.2. The zero-order valence-corrected chi connectivity index (χ0v) is 12.1. The number of nitrogens with one attached hydrogen (secondary N) is 1. The SMILES string of the molecule is O=C1NCCN(C(=O)c2ccco2)C1c1c(F)cccc1Cl. The molecule has 7 heteroatoms. The van der Waals surface area contributed by atoms with Crippen molar-refractivity contribution in [3.05, 3.63) is 58.8 Å². The molecule has 1 saturated heterocycles. The molecule has 1 aromatic carbocycles. The smallest absolute Gasteiger partial charge is 0.290 e. The van der Waals surface area contributed by atoms with E-state index in [1.54, 1.807) is 6.07 Å². The highest BCUT2D eigenvalue weighted by atomic mass is 35.5. The average Bonchev–Trinajstić information content (AvgIpc) is 3.02. The molecule has 0 aliphatic carbocycles. The first-order valence-electron chi connectivity index (χ1n) is 6.65. The summed E-state index contributed by atoms with van der Waals surface area (Å²) >= 11 is 6.04. The molecule has 0 bridgehead atoms. The van der Waals surface area contributed by atoms with Crippen LogP contribution in [0, 0.1) is 5.82 Å². The Morgan fingerprint density at radius 1 is 1.36 bits per heavy atom. The third-order valence-electron chi connectivity index (χ3n) is 3.48. The molecular weight excluding hydrogens is 311 g/mol. The number of halogens is 2. The number of hydrogen-bond donors (Lipinski definition) is 1. The zero-order chi connectivity index (χ0) is 15.7. The molecule has 1 fully saturated rings. The lowest BCUT2D eigenvalue weighted by Gasteiger charge is -2.35. The highest BCUT2D eigenvalue weighted by molar-refractivity contribution is 6.31. The molecule has 1 N–H and O–H groups in total. The van der Waals surface area contributed by atoms with Crippen molar-refractivity contribution in [2.45, 2.75) is 6.04 Å². The van der Waals surface area contributed by atoms with E-state index in [9.17, 15) is 14.0 Å². The van der Waals surface area contributed by atoms with Gasteiger partial charge in [-0.3, -0.25) is 9.59 Å². The largest absolute Gasteiger partial charge is 0.459 e. The second kappa shape index (κ2) is 5.81. The van der Waals surface area contributed by atoms with Gasteiger partial charge in [0.2, 0.25) is 5.91 Å². The molecule has 2 heterocycles. The third-order valence-corrected chi connectivity index (χ3v) is 3.81. The molecule has 1 aliphatic rings. The summed E-state index contributed by atoms with van der Waals surface area (Å²) in [5, 5.41) is 2.72. The average molecular weight is 323 g/mol. The number of piperazine rings is 1. The summed E-state index contributed by atoms with van der Waals surface area (Å²) in [6.45, 7) is 0.522. The molecule has 2 amide bonds. The van der Waals surface area contributed by atoms with Crippen LogP contribution >= 0.6 is 11.6 Å². The summed E-state index contributed by atoms with van der Waals surface area (Å²) in [6, 6.07) is 6.08. The van der Waals surface area contributed by atoms with Gasteiger partial charge in [-0.1, -0.05) is 17.7 Å². The van der Waals surface area contributed by atoms with Crippen LogP contribution in [0.1, 0.15) is 22.2 Å². The fourth-order valence-corrected chi connectivity index (χ4v) is 2.75. The van der Waals surface area contributed by atoms with Crippen LogP contribution in [0.25, 0.3) is 0 Å². The lowest BCUT2D eigenvalue weighted by atomic mass is 10.0. The maximum Gasteiger partial charge on any atom is 0.290 e. The minimum atomic E-state index is -1.12. The maximum atomic E-state index is 14.2. The Bertz CT molecular complexity index is 697. The minimum Gasteiger partial charge on any atom is -0.459 e. The fourth-order valence-electron chi connectivity index (χ4n) is 2.49. The molecule has 1 atom stereocenters. The van der Waals surface area contributed by atoms with Crippen LogP contribution in [0.15, 0.2) is 41.0 Å². The van der Waals surface area contributed by atoms with Crippen LogP contribution in [-0.4, -0.2) is 29.8 Å². The van der Waals surface area contributed by atoms with Crippen molar-refractivity contribution in [2.75, 3.05) is 13.1 Å². The molecule has 0 saturated carbocycles. The second-order valence-electron chi connectivity index (χ2n) is 4.80.